The fourth-order valence-electron chi connectivity index (χ4n) is 2.37. The van der Waals surface area contributed by atoms with Crippen molar-refractivity contribution in [3.63, 3.8) is 0 Å². The molecular formula is C13H19NO2S. The van der Waals surface area contributed by atoms with E-state index in [2.05, 4.69) is 16.8 Å². The number of aliphatic hydroxyl groups is 1. The average molecular weight is 253 g/mol. The molecule has 0 radical (unpaired) electrons. The summed E-state index contributed by atoms with van der Waals surface area (Å²) in [7, 11) is 0. The van der Waals surface area contributed by atoms with E-state index in [-0.39, 0.29) is 24.5 Å². The van der Waals surface area contributed by atoms with Crippen molar-refractivity contribution >= 4 is 17.2 Å². The molecule has 1 aliphatic rings. The zero-order valence-corrected chi connectivity index (χ0v) is 10.9. The first-order valence-corrected chi connectivity index (χ1v) is 7.08. The summed E-state index contributed by atoms with van der Waals surface area (Å²) in [4.78, 5) is 13.5. The van der Waals surface area contributed by atoms with E-state index >= 15 is 0 Å². The van der Waals surface area contributed by atoms with Gasteiger partial charge in [0.2, 0.25) is 5.91 Å². The van der Waals surface area contributed by atoms with Crippen LogP contribution in [0.1, 0.15) is 42.5 Å². The third-order valence-corrected chi connectivity index (χ3v) is 4.32. The topological polar surface area (TPSA) is 49.3 Å². The zero-order chi connectivity index (χ0) is 12.3. The molecule has 0 saturated carbocycles. The van der Waals surface area contributed by atoms with Crippen LogP contribution in [0.2, 0.25) is 0 Å². The van der Waals surface area contributed by atoms with Gasteiger partial charge in [-0.1, -0.05) is 0 Å². The minimum absolute atomic E-state index is 0.0196. The predicted molar refractivity (Wildman–Crippen MR) is 69.3 cm³/mol. The molecule has 1 aromatic heterocycles. The number of nitrogens with one attached hydrogen (secondary N) is 1. The number of aliphatic hydroxyl groups excluding tert-OH is 1. The van der Waals surface area contributed by atoms with Gasteiger partial charge in [-0.15, -0.1) is 11.3 Å². The Balaban J connectivity index is 2.02. The van der Waals surface area contributed by atoms with Crippen molar-refractivity contribution in [1.82, 2.24) is 5.32 Å². The minimum Gasteiger partial charge on any atom is -0.396 e. The lowest BCUT2D eigenvalue weighted by atomic mass is 9.87. The molecule has 0 spiro atoms. The quantitative estimate of drug-likeness (QED) is 0.863. The van der Waals surface area contributed by atoms with Crippen molar-refractivity contribution < 1.29 is 9.90 Å². The maximum atomic E-state index is 12.2. The summed E-state index contributed by atoms with van der Waals surface area (Å²) in [6.07, 6.45) is 3.78. The van der Waals surface area contributed by atoms with Crippen LogP contribution in [0.4, 0.5) is 0 Å². The van der Waals surface area contributed by atoms with E-state index in [4.69, 9.17) is 5.11 Å². The third kappa shape index (κ3) is 2.87. The molecule has 2 rings (SSSR count). The molecular weight excluding hydrogens is 234 g/mol. The Morgan fingerprint density at radius 1 is 1.71 bits per heavy atom. The van der Waals surface area contributed by atoms with Crippen LogP contribution in [0.5, 0.6) is 0 Å². The zero-order valence-electron chi connectivity index (χ0n) is 10.1. The average Bonchev–Trinajstić information content (AvgIpc) is 2.76. The molecule has 2 N–H and O–H groups in total. The number of aryl methyl sites for hydroxylation is 1. The lowest BCUT2D eigenvalue weighted by molar-refractivity contribution is -0.123. The van der Waals surface area contributed by atoms with E-state index < -0.39 is 0 Å². The minimum atomic E-state index is 0.0196. The number of fused-ring (bicyclic) bond motifs is 1. The number of amides is 1. The lowest BCUT2D eigenvalue weighted by Crippen LogP contribution is -2.37. The smallest absolute Gasteiger partial charge is 0.227 e. The summed E-state index contributed by atoms with van der Waals surface area (Å²) in [6, 6.07) is 2.14. The number of hydrogen-bond acceptors (Lipinski definition) is 3. The van der Waals surface area contributed by atoms with Gasteiger partial charge in [0.15, 0.2) is 0 Å². The van der Waals surface area contributed by atoms with E-state index in [1.165, 1.54) is 10.4 Å². The maximum Gasteiger partial charge on any atom is 0.227 e. The highest BCUT2D eigenvalue weighted by Gasteiger charge is 2.27. The molecule has 0 aliphatic heterocycles. The van der Waals surface area contributed by atoms with Crippen LogP contribution in [-0.4, -0.2) is 23.7 Å². The normalized spacial score (nSPS) is 20.7. The first-order valence-electron chi connectivity index (χ1n) is 6.20. The molecule has 0 saturated heterocycles. The highest BCUT2D eigenvalue weighted by atomic mass is 32.1. The summed E-state index contributed by atoms with van der Waals surface area (Å²) >= 11 is 1.76. The molecule has 2 atom stereocenters. The largest absolute Gasteiger partial charge is 0.396 e. The van der Waals surface area contributed by atoms with Crippen molar-refractivity contribution in [3.05, 3.63) is 21.9 Å². The molecule has 4 heteroatoms. The molecule has 0 aromatic carbocycles. The van der Waals surface area contributed by atoms with E-state index in [0.29, 0.717) is 6.42 Å². The first kappa shape index (κ1) is 12.6. The van der Waals surface area contributed by atoms with Crippen molar-refractivity contribution in [2.75, 3.05) is 6.61 Å². The highest BCUT2D eigenvalue weighted by Crippen LogP contribution is 2.35. The van der Waals surface area contributed by atoms with E-state index in [0.717, 1.165) is 19.3 Å². The Labute approximate surface area is 106 Å². The van der Waals surface area contributed by atoms with Crippen LogP contribution in [0, 0.1) is 0 Å². The van der Waals surface area contributed by atoms with Gasteiger partial charge in [-0.2, -0.15) is 0 Å². The van der Waals surface area contributed by atoms with E-state index in [1.54, 1.807) is 11.3 Å². The monoisotopic (exact) mass is 253 g/mol. The summed E-state index contributed by atoms with van der Waals surface area (Å²) in [5.74, 6) is 0.136. The Kier molecular flexibility index (Phi) is 4.18. The SMILES string of the molecule is CC(CCO)NC(=O)C1CCCc2sccc21. The van der Waals surface area contributed by atoms with Crippen LogP contribution in [0.3, 0.4) is 0 Å². The van der Waals surface area contributed by atoms with E-state index in [9.17, 15) is 4.79 Å². The van der Waals surface area contributed by atoms with Crippen LogP contribution in [-0.2, 0) is 11.2 Å². The molecule has 1 aromatic rings. The Hall–Kier alpha value is -0.870. The standard InChI is InChI=1S/C13H19NO2S/c1-9(5-7-15)14-13(16)11-3-2-4-12-10(11)6-8-17-12/h6,8-9,11,15H,2-5,7H2,1H3,(H,14,16). The number of thiophene rings is 1. The maximum absolute atomic E-state index is 12.2. The molecule has 17 heavy (non-hydrogen) atoms. The number of hydrogen-bond donors (Lipinski definition) is 2. The van der Waals surface area contributed by atoms with Crippen LogP contribution < -0.4 is 5.32 Å². The fraction of sp³-hybridized carbons (Fsp3) is 0.615. The summed E-state index contributed by atoms with van der Waals surface area (Å²) in [5.41, 5.74) is 1.22. The molecule has 94 valence electrons. The summed E-state index contributed by atoms with van der Waals surface area (Å²) in [5, 5.41) is 13.9. The molecule has 0 bridgehead atoms. The molecule has 1 aliphatic carbocycles. The lowest BCUT2D eigenvalue weighted by Gasteiger charge is -2.23. The predicted octanol–water partition coefficient (Wildman–Crippen LogP) is 2.06. The highest BCUT2D eigenvalue weighted by molar-refractivity contribution is 7.10. The van der Waals surface area contributed by atoms with Gasteiger partial charge in [-0.05, 0) is 49.6 Å². The second-order valence-electron chi connectivity index (χ2n) is 4.67. The van der Waals surface area contributed by atoms with Crippen LogP contribution >= 0.6 is 11.3 Å². The van der Waals surface area contributed by atoms with Gasteiger partial charge >= 0.3 is 0 Å². The summed E-state index contributed by atoms with van der Waals surface area (Å²) in [6.45, 7) is 2.06. The number of carbonyl (C=O) groups is 1. The molecule has 2 unspecified atom stereocenters. The molecule has 1 amide bonds. The fourth-order valence-corrected chi connectivity index (χ4v) is 3.36. The van der Waals surface area contributed by atoms with Crippen molar-refractivity contribution in [1.29, 1.82) is 0 Å². The summed E-state index contributed by atoms with van der Waals surface area (Å²) < 4.78 is 0. The second-order valence-corrected chi connectivity index (χ2v) is 5.67. The van der Waals surface area contributed by atoms with Gasteiger partial charge in [-0.25, -0.2) is 0 Å². The van der Waals surface area contributed by atoms with Gasteiger partial charge < -0.3 is 10.4 Å². The Morgan fingerprint density at radius 2 is 2.53 bits per heavy atom. The molecule has 3 nitrogen and oxygen atoms in total. The van der Waals surface area contributed by atoms with E-state index in [1.807, 2.05) is 6.92 Å². The van der Waals surface area contributed by atoms with Crippen molar-refractivity contribution in [2.45, 2.75) is 44.6 Å². The second kappa shape index (κ2) is 5.65. The molecule has 1 heterocycles. The Morgan fingerprint density at radius 3 is 3.29 bits per heavy atom. The third-order valence-electron chi connectivity index (χ3n) is 3.32. The Bertz CT molecular complexity index is 389. The van der Waals surface area contributed by atoms with Gasteiger partial charge in [0.25, 0.3) is 0 Å². The number of rotatable bonds is 4. The van der Waals surface area contributed by atoms with Gasteiger partial charge in [0.1, 0.15) is 0 Å². The van der Waals surface area contributed by atoms with Gasteiger partial charge in [-0.3, -0.25) is 4.79 Å². The van der Waals surface area contributed by atoms with Crippen molar-refractivity contribution in [2.24, 2.45) is 0 Å². The molecule has 0 fully saturated rings. The number of carbonyl (C=O) groups excluding carboxylic acids is 1. The van der Waals surface area contributed by atoms with Gasteiger partial charge in [0, 0.05) is 17.5 Å². The van der Waals surface area contributed by atoms with Crippen LogP contribution in [0.25, 0.3) is 0 Å². The van der Waals surface area contributed by atoms with Crippen LogP contribution in [0.15, 0.2) is 11.4 Å². The van der Waals surface area contributed by atoms with Crippen molar-refractivity contribution in [3.8, 4) is 0 Å². The first-order chi connectivity index (χ1) is 8.22. The van der Waals surface area contributed by atoms with Gasteiger partial charge in [0.05, 0.1) is 5.92 Å².